The Kier molecular flexibility index (Phi) is 3.14. The molecule has 0 fully saturated rings. The van der Waals surface area contributed by atoms with Crippen molar-refractivity contribution in [3.05, 3.63) is 23.8 Å². The summed E-state index contributed by atoms with van der Waals surface area (Å²) in [7, 11) is 0. The first kappa shape index (κ1) is 11.0. The number of hydrogen-bond acceptors (Lipinski definition) is 1. The second kappa shape index (κ2) is 3.99. The van der Waals surface area contributed by atoms with E-state index in [1.165, 1.54) is 5.57 Å². The van der Waals surface area contributed by atoms with Crippen molar-refractivity contribution in [2.75, 3.05) is 0 Å². The van der Waals surface area contributed by atoms with Crippen molar-refractivity contribution in [1.29, 1.82) is 0 Å². The Morgan fingerprint density at radius 1 is 1.64 bits per heavy atom. The summed E-state index contributed by atoms with van der Waals surface area (Å²) in [6.45, 7) is 6.29. The molecule has 0 saturated carbocycles. The number of carboxylic acid groups (broad SMARTS) is 1. The van der Waals surface area contributed by atoms with Gasteiger partial charge < -0.3 is 5.11 Å². The second-order valence-electron chi connectivity index (χ2n) is 4.62. The normalized spacial score (nSPS) is 26.4. The van der Waals surface area contributed by atoms with Crippen molar-refractivity contribution in [2.45, 2.75) is 33.6 Å². The first-order chi connectivity index (χ1) is 6.43. The molecule has 1 N–H and O–H groups in total. The third-order valence-corrected chi connectivity index (χ3v) is 2.70. The Hall–Kier alpha value is -1.05. The Morgan fingerprint density at radius 3 is 2.64 bits per heavy atom. The molecule has 0 heterocycles. The third kappa shape index (κ3) is 2.72. The van der Waals surface area contributed by atoms with Crippen LogP contribution in [-0.2, 0) is 4.79 Å². The van der Waals surface area contributed by atoms with Crippen molar-refractivity contribution in [3.63, 3.8) is 0 Å². The molecule has 0 aliphatic heterocycles. The van der Waals surface area contributed by atoms with Gasteiger partial charge in [0.2, 0.25) is 0 Å². The summed E-state index contributed by atoms with van der Waals surface area (Å²) >= 11 is 0. The van der Waals surface area contributed by atoms with Gasteiger partial charge in [-0.15, -0.1) is 0 Å². The van der Waals surface area contributed by atoms with Crippen molar-refractivity contribution in [1.82, 2.24) is 0 Å². The fraction of sp³-hybridized carbons (Fsp3) is 0.583. The third-order valence-electron chi connectivity index (χ3n) is 2.70. The van der Waals surface area contributed by atoms with Gasteiger partial charge in [0.05, 0.1) is 6.42 Å². The molecule has 0 aromatic heterocycles. The Balaban J connectivity index is 2.67. The Bertz CT molecular complexity index is 287. The molecule has 0 radical (unpaired) electrons. The van der Waals surface area contributed by atoms with E-state index >= 15 is 0 Å². The van der Waals surface area contributed by atoms with Crippen LogP contribution in [0.1, 0.15) is 33.6 Å². The topological polar surface area (TPSA) is 37.3 Å². The summed E-state index contributed by atoms with van der Waals surface area (Å²) in [6.07, 6.45) is 7.32. The van der Waals surface area contributed by atoms with Gasteiger partial charge in [0.1, 0.15) is 0 Å². The first-order valence-electron chi connectivity index (χ1n) is 5.04. The minimum absolute atomic E-state index is 0.190. The van der Waals surface area contributed by atoms with Gasteiger partial charge in [-0.1, -0.05) is 39.0 Å². The van der Waals surface area contributed by atoms with Crippen molar-refractivity contribution < 1.29 is 9.90 Å². The maximum absolute atomic E-state index is 10.6. The van der Waals surface area contributed by atoms with E-state index < -0.39 is 5.97 Å². The molecule has 0 aromatic carbocycles. The fourth-order valence-electron chi connectivity index (χ4n) is 1.69. The highest BCUT2D eigenvalue weighted by molar-refractivity contribution is 5.68. The smallest absolute Gasteiger partial charge is 0.304 e. The average molecular weight is 194 g/mol. The lowest BCUT2D eigenvalue weighted by atomic mass is 9.78. The summed E-state index contributed by atoms with van der Waals surface area (Å²) < 4.78 is 0. The number of aliphatic carboxylic acids is 1. The van der Waals surface area contributed by atoms with E-state index in [0.717, 1.165) is 6.42 Å². The predicted molar refractivity (Wildman–Crippen MR) is 57.0 cm³/mol. The lowest BCUT2D eigenvalue weighted by Crippen LogP contribution is -2.20. The standard InChI is InChI=1S/C12H18O2/c1-9(2)10-4-6-12(3,7-5-10)8-11(13)14/h4-6,9H,7-8H2,1-3H3,(H,13,14). The average Bonchev–Trinajstić information content (AvgIpc) is 2.02. The highest BCUT2D eigenvalue weighted by Gasteiger charge is 2.25. The SMILES string of the molecule is CC(C)C1=CCC(C)(CC(=O)O)C=C1. The summed E-state index contributed by atoms with van der Waals surface area (Å²) in [6, 6.07) is 0. The summed E-state index contributed by atoms with van der Waals surface area (Å²) in [5, 5.41) is 8.75. The Morgan fingerprint density at radius 2 is 2.29 bits per heavy atom. The fourth-order valence-corrected chi connectivity index (χ4v) is 1.69. The van der Waals surface area contributed by atoms with E-state index in [1.807, 2.05) is 13.0 Å². The van der Waals surface area contributed by atoms with Crippen LogP contribution in [0.15, 0.2) is 23.8 Å². The van der Waals surface area contributed by atoms with Gasteiger partial charge in [-0.3, -0.25) is 4.79 Å². The summed E-state index contributed by atoms with van der Waals surface area (Å²) in [5.74, 6) is -0.195. The van der Waals surface area contributed by atoms with Crippen LogP contribution < -0.4 is 0 Å². The molecule has 0 aromatic rings. The molecule has 2 heteroatoms. The molecule has 0 amide bonds. The van der Waals surface area contributed by atoms with Crippen LogP contribution in [0.2, 0.25) is 0 Å². The van der Waals surface area contributed by atoms with Crippen LogP contribution in [-0.4, -0.2) is 11.1 Å². The molecular formula is C12H18O2. The van der Waals surface area contributed by atoms with Gasteiger partial charge in [0, 0.05) is 0 Å². The van der Waals surface area contributed by atoms with E-state index in [4.69, 9.17) is 5.11 Å². The molecule has 0 bridgehead atoms. The number of allylic oxidation sites excluding steroid dienone is 4. The number of carbonyl (C=O) groups is 1. The molecule has 1 aliphatic carbocycles. The van der Waals surface area contributed by atoms with Crippen molar-refractivity contribution in [2.24, 2.45) is 11.3 Å². The van der Waals surface area contributed by atoms with E-state index in [1.54, 1.807) is 0 Å². The highest BCUT2D eigenvalue weighted by atomic mass is 16.4. The molecule has 0 saturated heterocycles. The zero-order valence-corrected chi connectivity index (χ0v) is 9.08. The van der Waals surface area contributed by atoms with E-state index in [9.17, 15) is 4.79 Å². The largest absolute Gasteiger partial charge is 0.481 e. The molecular weight excluding hydrogens is 176 g/mol. The van der Waals surface area contributed by atoms with Gasteiger partial charge in [-0.2, -0.15) is 0 Å². The minimum Gasteiger partial charge on any atom is -0.481 e. The van der Waals surface area contributed by atoms with Gasteiger partial charge in [0.15, 0.2) is 0 Å². The minimum atomic E-state index is -0.724. The lowest BCUT2D eigenvalue weighted by molar-refractivity contribution is -0.138. The van der Waals surface area contributed by atoms with Crippen LogP contribution in [0.5, 0.6) is 0 Å². The van der Waals surface area contributed by atoms with Crippen LogP contribution in [0.25, 0.3) is 0 Å². The molecule has 1 aliphatic rings. The second-order valence-corrected chi connectivity index (χ2v) is 4.62. The maximum Gasteiger partial charge on any atom is 0.304 e. The highest BCUT2D eigenvalue weighted by Crippen LogP contribution is 2.34. The molecule has 1 rings (SSSR count). The van der Waals surface area contributed by atoms with Crippen LogP contribution in [0.4, 0.5) is 0 Å². The molecule has 1 atom stereocenters. The summed E-state index contributed by atoms with van der Waals surface area (Å²) in [4.78, 5) is 10.6. The number of rotatable bonds is 3. The molecule has 0 spiro atoms. The van der Waals surface area contributed by atoms with Gasteiger partial charge >= 0.3 is 5.97 Å². The Labute approximate surface area is 85.3 Å². The maximum atomic E-state index is 10.6. The monoisotopic (exact) mass is 194 g/mol. The zero-order valence-electron chi connectivity index (χ0n) is 9.08. The molecule has 1 unspecified atom stereocenters. The van der Waals surface area contributed by atoms with E-state index in [-0.39, 0.29) is 11.8 Å². The molecule has 2 nitrogen and oxygen atoms in total. The van der Waals surface area contributed by atoms with Crippen LogP contribution in [0, 0.1) is 11.3 Å². The van der Waals surface area contributed by atoms with Crippen molar-refractivity contribution in [3.8, 4) is 0 Å². The quantitative estimate of drug-likeness (QED) is 0.749. The predicted octanol–water partition coefficient (Wildman–Crippen LogP) is 3.01. The summed E-state index contributed by atoms with van der Waals surface area (Å²) in [5.41, 5.74) is 1.12. The van der Waals surface area contributed by atoms with Gasteiger partial charge in [0.25, 0.3) is 0 Å². The molecule has 14 heavy (non-hydrogen) atoms. The zero-order chi connectivity index (χ0) is 10.8. The van der Waals surface area contributed by atoms with E-state index in [0.29, 0.717) is 5.92 Å². The molecule has 78 valence electrons. The number of hydrogen-bond donors (Lipinski definition) is 1. The number of carboxylic acids is 1. The van der Waals surface area contributed by atoms with Gasteiger partial charge in [-0.25, -0.2) is 0 Å². The first-order valence-corrected chi connectivity index (χ1v) is 5.04. The van der Waals surface area contributed by atoms with E-state index in [2.05, 4.69) is 26.0 Å². The van der Waals surface area contributed by atoms with Crippen LogP contribution in [0.3, 0.4) is 0 Å². The van der Waals surface area contributed by atoms with Crippen LogP contribution >= 0.6 is 0 Å². The van der Waals surface area contributed by atoms with Gasteiger partial charge in [-0.05, 0) is 23.3 Å². The van der Waals surface area contributed by atoms with Crippen molar-refractivity contribution >= 4 is 5.97 Å². The lowest BCUT2D eigenvalue weighted by Gasteiger charge is -2.27.